The molecule has 48 heavy (non-hydrogen) atoms. The van der Waals surface area contributed by atoms with Crippen molar-refractivity contribution in [3.63, 3.8) is 0 Å². The molecule has 0 N–H and O–H groups in total. The van der Waals surface area contributed by atoms with Gasteiger partial charge in [0.15, 0.2) is 0 Å². The van der Waals surface area contributed by atoms with Crippen LogP contribution in [0, 0.1) is 17.7 Å². The van der Waals surface area contributed by atoms with Crippen LogP contribution in [0.25, 0.3) is 11.1 Å². The second-order valence-corrected chi connectivity index (χ2v) is 12.5. The minimum absolute atomic E-state index is 0.0994. The van der Waals surface area contributed by atoms with Gasteiger partial charge in [0.05, 0.1) is 23.8 Å². The molecular weight excluding hydrogens is 603 g/mol. The van der Waals surface area contributed by atoms with Crippen molar-refractivity contribution >= 4 is 11.9 Å². The quantitative estimate of drug-likeness (QED) is 0.0494. The summed E-state index contributed by atoms with van der Waals surface area (Å²) in [6.45, 7) is 6.89. The van der Waals surface area contributed by atoms with E-state index in [0.717, 1.165) is 43.2 Å². The lowest BCUT2D eigenvalue weighted by Gasteiger charge is -2.13. The van der Waals surface area contributed by atoms with Crippen LogP contribution in [-0.4, -0.2) is 24.6 Å². The van der Waals surface area contributed by atoms with Crippen LogP contribution in [0.5, 0.6) is 11.5 Å². The summed E-state index contributed by atoms with van der Waals surface area (Å²) < 4.78 is 31.2. The van der Waals surface area contributed by atoms with Crippen molar-refractivity contribution < 1.29 is 28.2 Å². The maximum atomic E-state index is 14.6. The van der Waals surface area contributed by atoms with Crippen molar-refractivity contribution in [2.75, 3.05) is 6.61 Å². The molecule has 0 aliphatic rings. The van der Waals surface area contributed by atoms with E-state index in [4.69, 9.17) is 14.2 Å². The molecule has 0 heterocycles. The average Bonchev–Trinajstić information content (AvgIpc) is 3.09. The van der Waals surface area contributed by atoms with Crippen molar-refractivity contribution in [1.29, 1.82) is 0 Å². The van der Waals surface area contributed by atoms with Gasteiger partial charge in [-0.1, -0.05) is 121 Å². The van der Waals surface area contributed by atoms with E-state index >= 15 is 0 Å². The van der Waals surface area contributed by atoms with Crippen LogP contribution in [0.15, 0.2) is 66.7 Å². The van der Waals surface area contributed by atoms with E-state index in [2.05, 4.69) is 25.7 Å². The van der Waals surface area contributed by atoms with Crippen molar-refractivity contribution in [2.24, 2.45) is 0 Å². The molecule has 6 heteroatoms. The summed E-state index contributed by atoms with van der Waals surface area (Å²) in [5.41, 5.74) is 2.40. The van der Waals surface area contributed by atoms with Crippen molar-refractivity contribution in [1.82, 2.24) is 0 Å². The highest BCUT2D eigenvalue weighted by Crippen LogP contribution is 2.24. The van der Waals surface area contributed by atoms with Gasteiger partial charge in [-0.3, -0.25) is 0 Å². The first-order chi connectivity index (χ1) is 23.4. The molecule has 5 nitrogen and oxygen atoms in total. The highest BCUT2D eigenvalue weighted by molar-refractivity contribution is 5.91. The Morgan fingerprint density at radius 2 is 1.23 bits per heavy atom. The molecule has 0 aliphatic carbocycles. The van der Waals surface area contributed by atoms with Crippen LogP contribution < -0.4 is 9.47 Å². The number of carbonyl (C=O) groups excluding carboxylic acids is 2. The Labute approximate surface area is 287 Å². The fourth-order valence-corrected chi connectivity index (χ4v) is 5.40. The highest BCUT2D eigenvalue weighted by Gasteiger charge is 2.12. The van der Waals surface area contributed by atoms with Crippen LogP contribution in [0.3, 0.4) is 0 Å². The van der Waals surface area contributed by atoms with Gasteiger partial charge in [-0.15, -0.1) is 0 Å². The van der Waals surface area contributed by atoms with Gasteiger partial charge >= 0.3 is 11.9 Å². The molecule has 1 atom stereocenters. The first-order valence-electron chi connectivity index (χ1n) is 18.0. The number of esters is 2. The monoisotopic (exact) mass is 656 g/mol. The van der Waals surface area contributed by atoms with Crippen molar-refractivity contribution in [3.8, 4) is 34.5 Å². The zero-order chi connectivity index (χ0) is 34.4. The molecule has 0 amide bonds. The van der Waals surface area contributed by atoms with E-state index in [1.54, 1.807) is 30.3 Å². The number of hydrogen-bond acceptors (Lipinski definition) is 5. The predicted octanol–water partition coefficient (Wildman–Crippen LogP) is 11.3. The summed E-state index contributed by atoms with van der Waals surface area (Å²) in [5.74, 6) is 4.03. The summed E-state index contributed by atoms with van der Waals surface area (Å²) in [4.78, 5) is 24.8. The average molecular weight is 657 g/mol. The van der Waals surface area contributed by atoms with Gasteiger partial charge < -0.3 is 14.2 Å². The van der Waals surface area contributed by atoms with Crippen LogP contribution >= 0.6 is 0 Å². The standard InChI is InChI=1S/C42H53FO5/c1-4-6-8-10-11-12-13-14-15-17-31-46-39-29-25-36(40(43)32-39)26-30-41(44)48-38-27-23-35(24-28-38)34-19-21-37(22-20-34)42(45)47-33(3)18-16-9-7-5-2/h19-25,27-29,32-33H,4-18,31H2,1-3H3. The Hall–Kier alpha value is -4.11. The normalized spacial score (nSPS) is 11.3. The molecule has 0 aliphatic heterocycles. The van der Waals surface area contributed by atoms with Gasteiger partial charge in [0.1, 0.15) is 17.3 Å². The third-order valence-electron chi connectivity index (χ3n) is 8.30. The second kappa shape index (κ2) is 22.5. The Bertz CT molecular complexity index is 1440. The van der Waals surface area contributed by atoms with E-state index in [1.165, 1.54) is 76.3 Å². The number of hydrogen-bond donors (Lipinski definition) is 0. The molecule has 3 aromatic rings. The molecule has 1 unspecified atom stereocenters. The number of benzene rings is 3. The lowest BCUT2D eigenvalue weighted by molar-refractivity contribution is -0.128. The number of carbonyl (C=O) groups is 2. The first kappa shape index (κ1) is 38.3. The van der Waals surface area contributed by atoms with Crippen LogP contribution in [-0.2, 0) is 9.53 Å². The summed E-state index contributed by atoms with van der Waals surface area (Å²) in [6, 6.07) is 18.7. The molecule has 3 rings (SSSR count). The maximum Gasteiger partial charge on any atom is 0.390 e. The van der Waals surface area contributed by atoms with Crippen molar-refractivity contribution in [3.05, 3.63) is 83.7 Å². The van der Waals surface area contributed by atoms with Crippen LogP contribution in [0.4, 0.5) is 4.39 Å². The maximum absolute atomic E-state index is 14.6. The lowest BCUT2D eigenvalue weighted by atomic mass is 10.0. The SMILES string of the molecule is CCCCCCCCCCCCOc1ccc(C#CC(=O)Oc2ccc(-c3ccc(C(=O)OC(C)CCCCCC)cc3)cc2)c(F)c1. The zero-order valence-corrected chi connectivity index (χ0v) is 29.2. The van der Waals surface area contributed by atoms with Gasteiger partial charge in [0.2, 0.25) is 0 Å². The first-order valence-corrected chi connectivity index (χ1v) is 18.0. The van der Waals surface area contributed by atoms with Gasteiger partial charge in [-0.05, 0) is 73.7 Å². The van der Waals surface area contributed by atoms with Gasteiger partial charge in [0.25, 0.3) is 0 Å². The molecule has 0 saturated heterocycles. The molecule has 0 spiro atoms. The largest absolute Gasteiger partial charge is 0.493 e. The summed E-state index contributed by atoms with van der Waals surface area (Å²) in [6.07, 6.45) is 17.8. The number of unbranched alkanes of at least 4 members (excludes halogenated alkanes) is 12. The summed E-state index contributed by atoms with van der Waals surface area (Å²) in [7, 11) is 0. The zero-order valence-electron chi connectivity index (χ0n) is 29.2. The molecule has 0 aromatic heterocycles. The number of rotatable bonds is 21. The third-order valence-corrected chi connectivity index (χ3v) is 8.30. The summed E-state index contributed by atoms with van der Waals surface area (Å²) >= 11 is 0. The number of ether oxygens (including phenoxy) is 3. The molecule has 0 fully saturated rings. The summed E-state index contributed by atoms with van der Waals surface area (Å²) in [5, 5.41) is 0. The fraction of sp³-hybridized carbons (Fsp3) is 0.476. The Kier molecular flexibility index (Phi) is 17.9. The molecular formula is C42H53FO5. The number of halogens is 1. The topological polar surface area (TPSA) is 61.8 Å². The van der Waals surface area contributed by atoms with E-state index in [0.29, 0.717) is 23.7 Å². The van der Waals surface area contributed by atoms with Gasteiger partial charge in [-0.25, -0.2) is 14.0 Å². The smallest absolute Gasteiger partial charge is 0.390 e. The van der Waals surface area contributed by atoms with Crippen molar-refractivity contribution in [2.45, 2.75) is 123 Å². The highest BCUT2D eigenvalue weighted by atomic mass is 19.1. The molecule has 258 valence electrons. The Morgan fingerprint density at radius 1 is 0.688 bits per heavy atom. The van der Waals surface area contributed by atoms with E-state index in [-0.39, 0.29) is 17.6 Å². The van der Waals surface area contributed by atoms with E-state index in [1.807, 2.05) is 31.2 Å². The minimum Gasteiger partial charge on any atom is -0.493 e. The third kappa shape index (κ3) is 14.8. The second-order valence-electron chi connectivity index (χ2n) is 12.5. The molecule has 0 saturated carbocycles. The van der Waals surface area contributed by atoms with Crippen LogP contribution in [0.1, 0.15) is 133 Å². The molecule has 0 bridgehead atoms. The molecule has 3 aromatic carbocycles. The van der Waals surface area contributed by atoms with E-state index < -0.39 is 11.8 Å². The molecule has 0 radical (unpaired) electrons. The Balaban J connectivity index is 1.39. The van der Waals surface area contributed by atoms with Crippen LogP contribution in [0.2, 0.25) is 0 Å². The van der Waals surface area contributed by atoms with E-state index in [9.17, 15) is 14.0 Å². The van der Waals surface area contributed by atoms with Gasteiger partial charge in [0, 0.05) is 12.0 Å². The lowest BCUT2D eigenvalue weighted by Crippen LogP contribution is -2.15. The van der Waals surface area contributed by atoms with Gasteiger partial charge in [-0.2, -0.15) is 0 Å². The fourth-order valence-electron chi connectivity index (χ4n) is 5.40. The minimum atomic E-state index is -0.786. The predicted molar refractivity (Wildman–Crippen MR) is 192 cm³/mol. The Morgan fingerprint density at radius 3 is 1.83 bits per heavy atom.